The van der Waals surface area contributed by atoms with E-state index in [1.807, 2.05) is 47.2 Å². The molecule has 0 fully saturated rings. The van der Waals surface area contributed by atoms with Crippen LogP contribution in [0.4, 0.5) is 0 Å². The zero-order chi connectivity index (χ0) is 14.9. The van der Waals surface area contributed by atoms with Crippen molar-refractivity contribution in [2.75, 3.05) is 0 Å². The molecular weight excluding hydrogens is 300 g/mol. The van der Waals surface area contributed by atoms with Crippen molar-refractivity contribution in [3.05, 3.63) is 65.8 Å². The van der Waals surface area contributed by atoms with Crippen LogP contribution < -0.4 is 0 Å². The molecule has 22 heavy (non-hydrogen) atoms. The second-order valence-electron chi connectivity index (χ2n) is 4.90. The van der Waals surface area contributed by atoms with Crippen molar-refractivity contribution in [1.29, 1.82) is 0 Å². The van der Waals surface area contributed by atoms with Gasteiger partial charge in [-0.3, -0.25) is 0 Å². The molecule has 6 heteroatoms. The maximum Gasteiger partial charge on any atom is 0.159 e. The van der Waals surface area contributed by atoms with E-state index in [4.69, 9.17) is 16.1 Å². The summed E-state index contributed by atoms with van der Waals surface area (Å²) >= 11 is 6.00. The summed E-state index contributed by atoms with van der Waals surface area (Å²) in [6.07, 6.45) is 5.21. The van der Waals surface area contributed by atoms with Crippen molar-refractivity contribution in [3.63, 3.8) is 0 Å². The molecule has 0 aliphatic carbocycles. The third-order valence-electron chi connectivity index (χ3n) is 3.42. The highest BCUT2D eigenvalue weighted by Gasteiger charge is 2.10. The van der Waals surface area contributed by atoms with Gasteiger partial charge in [-0.05, 0) is 24.3 Å². The van der Waals surface area contributed by atoms with Gasteiger partial charge >= 0.3 is 0 Å². The molecule has 108 valence electrons. The molecule has 0 spiro atoms. The molecule has 5 nitrogen and oxygen atoms in total. The minimum absolute atomic E-state index is 0.589. The number of fused-ring (bicyclic) bond motifs is 1. The van der Waals surface area contributed by atoms with Crippen molar-refractivity contribution in [2.45, 2.75) is 6.54 Å². The number of benzene rings is 1. The Hall–Kier alpha value is -2.66. The lowest BCUT2D eigenvalue weighted by Gasteiger charge is -2.06. The average Bonchev–Trinajstić information content (AvgIpc) is 3.19. The Morgan fingerprint density at radius 1 is 1.14 bits per heavy atom. The van der Waals surface area contributed by atoms with Crippen LogP contribution in [0.15, 0.2) is 59.6 Å². The summed E-state index contributed by atoms with van der Waals surface area (Å²) in [7, 11) is 0. The molecule has 0 saturated carbocycles. The molecule has 0 amide bonds. The fourth-order valence-corrected chi connectivity index (χ4v) is 2.57. The number of nitrogens with zero attached hydrogens (tertiary/aromatic N) is 4. The van der Waals surface area contributed by atoms with Gasteiger partial charge in [-0.25, -0.2) is 9.97 Å². The molecule has 3 heterocycles. The molecule has 0 unspecified atom stereocenters. The largest absolute Gasteiger partial charge is 0.364 e. The lowest BCUT2D eigenvalue weighted by atomic mass is 10.2. The third kappa shape index (κ3) is 2.35. The summed E-state index contributed by atoms with van der Waals surface area (Å²) < 4.78 is 6.85. The van der Waals surface area contributed by atoms with Gasteiger partial charge in [-0.1, -0.05) is 22.8 Å². The van der Waals surface area contributed by atoms with Crippen molar-refractivity contribution < 1.29 is 4.52 Å². The van der Waals surface area contributed by atoms with Gasteiger partial charge in [0.25, 0.3) is 0 Å². The molecule has 0 aliphatic heterocycles. The molecule has 1 aromatic carbocycles. The Labute approximate surface area is 131 Å². The number of imidazole rings is 1. The fraction of sp³-hybridized carbons (Fsp3) is 0.0625. The van der Waals surface area contributed by atoms with E-state index >= 15 is 0 Å². The van der Waals surface area contributed by atoms with Gasteiger partial charge in [-0.15, -0.1) is 0 Å². The molecular formula is C16H11ClN4O. The first kappa shape index (κ1) is 13.0. The first-order chi connectivity index (χ1) is 10.8. The summed E-state index contributed by atoms with van der Waals surface area (Å²) in [5.74, 6) is 0.792. The molecule has 4 rings (SSSR count). The van der Waals surface area contributed by atoms with Gasteiger partial charge in [-0.2, -0.15) is 0 Å². The van der Waals surface area contributed by atoms with Gasteiger partial charge in [0.15, 0.2) is 5.82 Å². The van der Waals surface area contributed by atoms with Gasteiger partial charge < -0.3 is 9.09 Å². The van der Waals surface area contributed by atoms with E-state index in [2.05, 4.69) is 15.1 Å². The van der Waals surface area contributed by atoms with Crippen LogP contribution in [0.25, 0.3) is 22.4 Å². The highest BCUT2D eigenvalue weighted by Crippen LogP contribution is 2.22. The van der Waals surface area contributed by atoms with E-state index in [0.29, 0.717) is 11.6 Å². The molecule has 0 bridgehead atoms. The monoisotopic (exact) mass is 310 g/mol. The molecule has 0 atom stereocenters. The predicted octanol–water partition coefficient (Wildman–Crippen LogP) is 3.79. The van der Waals surface area contributed by atoms with Crippen LogP contribution >= 0.6 is 11.6 Å². The van der Waals surface area contributed by atoms with Crippen molar-refractivity contribution in [3.8, 4) is 11.5 Å². The number of hydrogen-bond donors (Lipinski definition) is 0. The second kappa shape index (κ2) is 5.27. The summed E-state index contributed by atoms with van der Waals surface area (Å²) in [6, 6.07) is 11.4. The SMILES string of the molecule is Clc1ccc2nc(-c3nccn3Cc3ccon3)ccc2c1. The smallest absolute Gasteiger partial charge is 0.159 e. The van der Waals surface area contributed by atoms with Gasteiger partial charge in [0.05, 0.1) is 12.1 Å². The lowest BCUT2D eigenvalue weighted by molar-refractivity contribution is 0.410. The number of halogens is 1. The van der Waals surface area contributed by atoms with Gasteiger partial charge in [0.1, 0.15) is 17.7 Å². The zero-order valence-electron chi connectivity index (χ0n) is 11.5. The van der Waals surface area contributed by atoms with Crippen molar-refractivity contribution in [1.82, 2.24) is 19.7 Å². The normalized spacial score (nSPS) is 11.1. The summed E-state index contributed by atoms with van der Waals surface area (Å²) in [6.45, 7) is 0.589. The molecule has 3 aromatic heterocycles. The van der Waals surface area contributed by atoms with Crippen LogP contribution in [-0.4, -0.2) is 19.7 Å². The minimum Gasteiger partial charge on any atom is -0.364 e. The number of pyridine rings is 1. The second-order valence-corrected chi connectivity index (χ2v) is 5.34. The molecule has 0 saturated heterocycles. The Morgan fingerprint density at radius 3 is 2.95 bits per heavy atom. The van der Waals surface area contributed by atoms with Crippen LogP contribution in [0.1, 0.15) is 5.69 Å². The van der Waals surface area contributed by atoms with Crippen LogP contribution in [0.3, 0.4) is 0 Å². The van der Waals surface area contributed by atoms with E-state index in [1.54, 1.807) is 12.5 Å². The van der Waals surface area contributed by atoms with E-state index < -0.39 is 0 Å². The topological polar surface area (TPSA) is 56.7 Å². The molecule has 0 N–H and O–H groups in total. The standard InChI is InChI=1S/C16H11ClN4O/c17-12-2-4-14-11(9-12)1-3-15(19-14)16-18-6-7-21(16)10-13-5-8-22-20-13/h1-9H,10H2. The molecule has 4 aromatic rings. The predicted molar refractivity (Wildman–Crippen MR) is 83.6 cm³/mol. The van der Waals surface area contributed by atoms with E-state index in [0.717, 1.165) is 28.1 Å². The van der Waals surface area contributed by atoms with Gasteiger partial charge in [0, 0.05) is 28.9 Å². The Kier molecular flexibility index (Phi) is 3.12. The Morgan fingerprint density at radius 2 is 2.09 bits per heavy atom. The van der Waals surface area contributed by atoms with E-state index in [9.17, 15) is 0 Å². The van der Waals surface area contributed by atoms with Crippen LogP contribution in [0.2, 0.25) is 5.02 Å². The number of aromatic nitrogens is 4. The van der Waals surface area contributed by atoms with Crippen molar-refractivity contribution in [2.24, 2.45) is 0 Å². The number of hydrogen-bond acceptors (Lipinski definition) is 4. The minimum atomic E-state index is 0.589. The number of rotatable bonds is 3. The zero-order valence-corrected chi connectivity index (χ0v) is 12.2. The third-order valence-corrected chi connectivity index (χ3v) is 3.65. The van der Waals surface area contributed by atoms with Crippen LogP contribution in [-0.2, 0) is 6.54 Å². The maximum atomic E-state index is 6.00. The summed E-state index contributed by atoms with van der Waals surface area (Å²) in [5, 5.41) is 5.64. The molecule has 0 radical (unpaired) electrons. The summed E-state index contributed by atoms with van der Waals surface area (Å²) in [4.78, 5) is 9.07. The van der Waals surface area contributed by atoms with Crippen LogP contribution in [0.5, 0.6) is 0 Å². The Balaban J connectivity index is 1.76. The van der Waals surface area contributed by atoms with Crippen molar-refractivity contribution >= 4 is 22.5 Å². The van der Waals surface area contributed by atoms with E-state index in [-0.39, 0.29) is 0 Å². The highest BCUT2D eigenvalue weighted by molar-refractivity contribution is 6.31. The van der Waals surface area contributed by atoms with Crippen LogP contribution in [0, 0.1) is 0 Å². The lowest BCUT2D eigenvalue weighted by Crippen LogP contribution is -2.02. The quantitative estimate of drug-likeness (QED) is 0.577. The maximum absolute atomic E-state index is 6.00. The Bertz CT molecular complexity index is 930. The fourth-order valence-electron chi connectivity index (χ4n) is 2.38. The average molecular weight is 311 g/mol. The van der Waals surface area contributed by atoms with E-state index in [1.165, 1.54) is 0 Å². The molecule has 0 aliphatic rings. The summed E-state index contributed by atoms with van der Waals surface area (Å²) in [5.41, 5.74) is 2.54. The first-order valence-electron chi connectivity index (χ1n) is 6.77. The van der Waals surface area contributed by atoms with Gasteiger partial charge in [0.2, 0.25) is 0 Å². The highest BCUT2D eigenvalue weighted by atomic mass is 35.5. The first-order valence-corrected chi connectivity index (χ1v) is 7.14.